The molecule has 0 bridgehead atoms. The number of hydrogen-bond donors (Lipinski definition) is 1. The van der Waals surface area contributed by atoms with E-state index >= 15 is 0 Å². The van der Waals surface area contributed by atoms with E-state index in [-0.39, 0.29) is 6.04 Å². The molecule has 0 amide bonds. The number of ether oxygens (including phenoxy) is 1. The number of benzene rings is 1. The van der Waals surface area contributed by atoms with Crippen LogP contribution in [0.2, 0.25) is 0 Å². The molecule has 0 aliphatic carbocycles. The molecule has 0 saturated heterocycles. The second-order valence-electron chi connectivity index (χ2n) is 5.04. The Morgan fingerprint density at radius 2 is 2.00 bits per heavy atom. The Morgan fingerprint density at radius 3 is 2.60 bits per heavy atom. The number of aryl methyl sites for hydroxylation is 2. The Hall–Kier alpha value is -2.03. The van der Waals surface area contributed by atoms with Crippen LogP contribution in [-0.4, -0.2) is 11.6 Å². The fraction of sp³-hybridized carbons (Fsp3) is 0.353. The number of hydrogen-bond acceptors (Lipinski definition) is 3. The van der Waals surface area contributed by atoms with E-state index in [0.717, 1.165) is 5.69 Å². The van der Waals surface area contributed by atoms with Gasteiger partial charge in [-0.15, -0.1) is 0 Å². The summed E-state index contributed by atoms with van der Waals surface area (Å²) in [4.78, 5) is 4.27. The molecule has 0 aliphatic rings. The van der Waals surface area contributed by atoms with Crippen molar-refractivity contribution in [2.75, 3.05) is 11.9 Å². The summed E-state index contributed by atoms with van der Waals surface area (Å²) in [7, 11) is 0. The highest BCUT2D eigenvalue weighted by atomic mass is 16.5. The van der Waals surface area contributed by atoms with Crippen LogP contribution in [0.1, 0.15) is 36.6 Å². The highest BCUT2D eigenvalue weighted by Crippen LogP contribution is 2.23. The minimum Gasteiger partial charge on any atom is -0.478 e. The molecule has 1 aromatic carbocycles. The van der Waals surface area contributed by atoms with E-state index < -0.39 is 0 Å². The fourth-order valence-electron chi connectivity index (χ4n) is 2.34. The van der Waals surface area contributed by atoms with Gasteiger partial charge in [0.25, 0.3) is 0 Å². The van der Waals surface area contributed by atoms with Gasteiger partial charge in [-0.3, -0.25) is 0 Å². The largest absolute Gasteiger partial charge is 0.478 e. The highest BCUT2D eigenvalue weighted by Gasteiger charge is 2.08. The average molecular weight is 270 g/mol. The first-order valence-electron chi connectivity index (χ1n) is 7.02. The van der Waals surface area contributed by atoms with Crippen LogP contribution in [0.25, 0.3) is 0 Å². The van der Waals surface area contributed by atoms with E-state index in [1.165, 1.54) is 16.7 Å². The fourth-order valence-corrected chi connectivity index (χ4v) is 2.34. The van der Waals surface area contributed by atoms with Gasteiger partial charge in [0.2, 0.25) is 5.88 Å². The van der Waals surface area contributed by atoms with Gasteiger partial charge in [-0.05, 0) is 44.9 Å². The lowest BCUT2D eigenvalue weighted by atomic mass is 10.0. The highest BCUT2D eigenvalue weighted by molar-refractivity contribution is 5.46. The van der Waals surface area contributed by atoms with Gasteiger partial charge in [0, 0.05) is 12.1 Å². The minimum atomic E-state index is 0.246. The lowest BCUT2D eigenvalue weighted by Gasteiger charge is -2.18. The predicted molar refractivity (Wildman–Crippen MR) is 83.4 cm³/mol. The molecule has 1 unspecified atom stereocenters. The van der Waals surface area contributed by atoms with E-state index in [1.807, 2.05) is 25.3 Å². The first-order valence-corrected chi connectivity index (χ1v) is 7.02. The van der Waals surface area contributed by atoms with Crippen molar-refractivity contribution in [3.8, 4) is 5.88 Å². The van der Waals surface area contributed by atoms with Crippen molar-refractivity contribution in [3.05, 3.63) is 53.2 Å². The molecule has 0 spiro atoms. The van der Waals surface area contributed by atoms with E-state index in [0.29, 0.717) is 12.5 Å². The van der Waals surface area contributed by atoms with Gasteiger partial charge in [-0.25, -0.2) is 4.98 Å². The molecule has 2 aromatic rings. The molecule has 0 aliphatic heterocycles. The Kier molecular flexibility index (Phi) is 4.61. The van der Waals surface area contributed by atoms with Gasteiger partial charge in [0.15, 0.2) is 0 Å². The van der Waals surface area contributed by atoms with Crippen LogP contribution in [0.15, 0.2) is 36.5 Å². The summed E-state index contributed by atoms with van der Waals surface area (Å²) in [6.07, 6.45) is 1.81. The molecule has 1 aromatic heterocycles. The zero-order valence-electron chi connectivity index (χ0n) is 12.6. The van der Waals surface area contributed by atoms with Crippen LogP contribution >= 0.6 is 0 Å². The molecule has 1 N–H and O–H groups in total. The standard InChI is InChI=1S/C17H22N2O/c1-5-20-17-9-7-15(11-18-17)19-14(4)16-8-6-12(2)10-13(16)3/h6-11,14,19H,5H2,1-4H3. The van der Waals surface area contributed by atoms with Crippen molar-refractivity contribution >= 4 is 5.69 Å². The summed E-state index contributed by atoms with van der Waals surface area (Å²) < 4.78 is 5.34. The normalized spacial score (nSPS) is 12.0. The van der Waals surface area contributed by atoms with Crippen molar-refractivity contribution in [3.63, 3.8) is 0 Å². The monoisotopic (exact) mass is 270 g/mol. The first-order chi connectivity index (χ1) is 9.60. The van der Waals surface area contributed by atoms with Gasteiger partial charge in [0.05, 0.1) is 18.5 Å². The minimum absolute atomic E-state index is 0.246. The number of rotatable bonds is 5. The van der Waals surface area contributed by atoms with Crippen molar-refractivity contribution in [1.29, 1.82) is 0 Å². The maximum Gasteiger partial charge on any atom is 0.213 e. The zero-order chi connectivity index (χ0) is 14.5. The third-order valence-corrected chi connectivity index (χ3v) is 3.30. The lowest BCUT2D eigenvalue weighted by Crippen LogP contribution is -2.08. The van der Waals surface area contributed by atoms with E-state index in [4.69, 9.17) is 4.74 Å². The van der Waals surface area contributed by atoms with E-state index in [1.54, 1.807) is 0 Å². The third kappa shape index (κ3) is 3.50. The molecule has 0 fully saturated rings. The molecule has 106 valence electrons. The molecular weight excluding hydrogens is 248 g/mol. The number of nitrogens with zero attached hydrogens (tertiary/aromatic N) is 1. The SMILES string of the molecule is CCOc1ccc(NC(C)c2ccc(C)cc2C)cn1. The predicted octanol–water partition coefficient (Wildman–Crippen LogP) is 4.27. The summed E-state index contributed by atoms with van der Waals surface area (Å²) in [6, 6.07) is 10.7. The number of pyridine rings is 1. The van der Waals surface area contributed by atoms with Crippen LogP contribution in [0, 0.1) is 13.8 Å². The average Bonchev–Trinajstić information content (AvgIpc) is 2.41. The molecule has 1 atom stereocenters. The third-order valence-electron chi connectivity index (χ3n) is 3.30. The molecule has 3 nitrogen and oxygen atoms in total. The van der Waals surface area contributed by atoms with E-state index in [9.17, 15) is 0 Å². The topological polar surface area (TPSA) is 34.1 Å². The van der Waals surface area contributed by atoms with Crippen LogP contribution < -0.4 is 10.1 Å². The van der Waals surface area contributed by atoms with Crippen molar-refractivity contribution in [1.82, 2.24) is 4.98 Å². The maximum absolute atomic E-state index is 5.34. The Balaban J connectivity index is 2.08. The molecule has 3 heteroatoms. The van der Waals surface area contributed by atoms with Crippen molar-refractivity contribution < 1.29 is 4.74 Å². The number of anilines is 1. The van der Waals surface area contributed by atoms with Gasteiger partial charge < -0.3 is 10.1 Å². The van der Waals surface area contributed by atoms with Crippen LogP contribution in [0.3, 0.4) is 0 Å². The quantitative estimate of drug-likeness (QED) is 0.881. The molecule has 0 saturated carbocycles. The summed E-state index contributed by atoms with van der Waals surface area (Å²) in [5.74, 6) is 0.664. The Bertz CT molecular complexity index is 564. The van der Waals surface area contributed by atoms with Gasteiger partial charge in [0.1, 0.15) is 0 Å². The molecule has 0 radical (unpaired) electrons. The summed E-state index contributed by atoms with van der Waals surface area (Å²) in [6.45, 7) is 9.02. The summed E-state index contributed by atoms with van der Waals surface area (Å²) in [5.41, 5.74) is 4.91. The van der Waals surface area contributed by atoms with E-state index in [2.05, 4.69) is 49.3 Å². The molecule has 1 heterocycles. The maximum atomic E-state index is 5.34. The van der Waals surface area contributed by atoms with Crippen molar-refractivity contribution in [2.24, 2.45) is 0 Å². The summed E-state index contributed by atoms with van der Waals surface area (Å²) in [5, 5.41) is 3.47. The second kappa shape index (κ2) is 6.42. The Morgan fingerprint density at radius 1 is 1.20 bits per heavy atom. The molecular formula is C17H22N2O. The van der Waals surface area contributed by atoms with Crippen LogP contribution in [-0.2, 0) is 0 Å². The van der Waals surface area contributed by atoms with Gasteiger partial charge in [-0.2, -0.15) is 0 Å². The lowest BCUT2D eigenvalue weighted by molar-refractivity contribution is 0.327. The van der Waals surface area contributed by atoms with Gasteiger partial charge in [-0.1, -0.05) is 23.8 Å². The van der Waals surface area contributed by atoms with Crippen LogP contribution in [0.4, 0.5) is 5.69 Å². The van der Waals surface area contributed by atoms with Crippen molar-refractivity contribution in [2.45, 2.75) is 33.7 Å². The van der Waals surface area contributed by atoms with Crippen LogP contribution in [0.5, 0.6) is 5.88 Å². The number of nitrogens with one attached hydrogen (secondary N) is 1. The first kappa shape index (κ1) is 14.4. The smallest absolute Gasteiger partial charge is 0.213 e. The second-order valence-corrected chi connectivity index (χ2v) is 5.04. The van der Waals surface area contributed by atoms with Gasteiger partial charge >= 0.3 is 0 Å². The zero-order valence-corrected chi connectivity index (χ0v) is 12.6. The molecule has 2 rings (SSSR count). The Labute approximate surface area is 121 Å². The number of aromatic nitrogens is 1. The molecule has 20 heavy (non-hydrogen) atoms. The summed E-state index contributed by atoms with van der Waals surface area (Å²) >= 11 is 0.